The van der Waals surface area contributed by atoms with E-state index in [1.165, 1.54) is 0 Å². The van der Waals surface area contributed by atoms with Crippen molar-refractivity contribution in [2.24, 2.45) is 0 Å². The zero-order valence-corrected chi connectivity index (χ0v) is 16.0. The van der Waals surface area contributed by atoms with Crippen molar-refractivity contribution in [3.05, 3.63) is 66.4 Å². The van der Waals surface area contributed by atoms with E-state index in [0.29, 0.717) is 30.8 Å². The molecule has 4 rings (SSSR count). The molecule has 2 heterocycles. The Labute approximate surface area is 159 Å². The number of piperidine rings is 1. The first-order chi connectivity index (χ1) is 13.0. The molecule has 0 amide bonds. The van der Waals surface area contributed by atoms with Crippen molar-refractivity contribution >= 4 is 20.9 Å². The van der Waals surface area contributed by atoms with Crippen molar-refractivity contribution in [3.63, 3.8) is 0 Å². The first kappa shape index (κ1) is 17.9. The SMILES string of the molecule is Cc1ccc(S(=O)(=O)N2CCC(Oc3cccc4cccnc34)CC2)cc1. The van der Waals surface area contributed by atoms with Gasteiger partial charge in [0.15, 0.2) is 0 Å². The fourth-order valence-corrected chi connectivity index (χ4v) is 4.87. The van der Waals surface area contributed by atoms with Gasteiger partial charge in [0.1, 0.15) is 17.4 Å². The number of ether oxygens (including phenoxy) is 1. The van der Waals surface area contributed by atoms with Gasteiger partial charge in [0, 0.05) is 24.7 Å². The lowest BCUT2D eigenvalue weighted by Gasteiger charge is -2.31. The average molecular weight is 382 g/mol. The minimum Gasteiger partial charge on any atom is -0.488 e. The molecule has 0 bridgehead atoms. The molecule has 0 unspecified atom stereocenters. The third-order valence-electron chi connectivity index (χ3n) is 4.95. The third-order valence-corrected chi connectivity index (χ3v) is 6.86. The molecule has 1 aromatic heterocycles. The lowest BCUT2D eigenvalue weighted by atomic mass is 10.1. The van der Waals surface area contributed by atoms with E-state index in [-0.39, 0.29) is 6.10 Å². The van der Waals surface area contributed by atoms with Gasteiger partial charge in [-0.15, -0.1) is 0 Å². The molecule has 140 valence electrons. The molecule has 1 aliphatic heterocycles. The molecule has 0 radical (unpaired) electrons. The number of aromatic nitrogens is 1. The van der Waals surface area contributed by atoms with Gasteiger partial charge in [-0.2, -0.15) is 4.31 Å². The fraction of sp³-hybridized carbons (Fsp3) is 0.286. The van der Waals surface area contributed by atoms with Crippen LogP contribution in [0.25, 0.3) is 10.9 Å². The van der Waals surface area contributed by atoms with Crippen LogP contribution in [0.2, 0.25) is 0 Å². The second kappa shape index (κ2) is 7.29. The molecule has 0 atom stereocenters. The van der Waals surface area contributed by atoms with Gasteiger partial charge in [-0.05, 0) is 44.0 Å². The van der Waals surface area contributed by atoms with E-state index in [2.05, 4.69) is 4.98 Å². The lowest BCUT2D eigenvalue weighted by Crippen LogP contribution is -2.41. The quantitative estimate of drug-likeness (QED) is 0.689. The van der Waals surface area contributed by atoms with E-state index in [1.54, 1.807) is 22.6 Å². The molecule has 1 fully saturated rings. The van der Waals surface area contributed by atoms with Crippen molar-refractivity contribution in [1.29, 1.82) is 0 Å². The predicted molar refractivity (Wildman–Crippen MR) is 105 cm³/mol. The molecule has 6 heteroatoms. The molecule has 27 heavy (non-hydrogen) atoms. The van der Waals surface area contributed by atoms with Gasteiger partial charge in [0.25, 0.3) is 0 Å². The van der Waals surface area contributed by atoms with Gasteiger partial charge >= 0.3 is 0 Å². The summed E-state index contributed by atoms with van der Waals surface area (Å²) in [5.74, 6) is 0.757. The van der Waals surface area contributed by atoms with Crippen LogP contribution in [0.5, 0.6) is 5.75 Å². The van der Waals surface area contributed by atoms with E-state index in [4.69, 9.17) is 4.74 Å². The van der Waals surface area contributed by atoms with Crippen molar-refractivity contribution in [1.82, 2.24) is 9.29 Å². The summed E-state index contributed by atoms with van der Waals surface area (Å²) < 4.78 is 33.3. The Bertz CT molecular complexity index is 1040. The normalized spacial score (nSPS) is 16.5. The molecule has 2 aromatic carbocycles. The minimum atomic E-state index is -3.44. The van der Waals surface area contributed by atoms with Crippen LogP contribution >= 0.6 is 0 Å². The van der Waals surface area contributed by atoms with Crippen molar-refractivity contribution in [3.8, 4) is 5.75 Å². The highest BCUT2D eigenvalue weighted by atomic mass is 32.2. The Morgan fingerprint density at radius 2 is 1.70 bits per heavy atom. The third kappa shape index (κ3) is 3.68. The minimum absolute atomic E-state index is 0.0120. The second-order valence-corrected chi connectivity index (χ2v) is 8.80. The Kier molecular flexibility index (Phi) is 4.85. The predicted octanol–water partition coefficient (Wildman–Crippen LogP) is 3.78. The van der Waals surface area contributed by atoms with Gasteiger partial charge in [-0.1, -0.05) is 35.9 Å². The Balaban J connectivity index is 1.45. The topological polar surface area (TPSA) is 59.5 Å². The van der Waals surface area contributed by atoms with E-state index < -0.39 is 10.0 Å². The van der Waals surface area contributed by atoms with E-state index >= 15 is 0 Å². The molecule has 0 spiro atoms. The fourth-order valence-electron chi connectivity index (χ4n) is 3.40. The average Bonchev–Trinajstić information content (AvgIpc) is 2.69. The second-order valence-electron chi connectivity index (χ2n) is 6.87. The monoisotopic (exact) mass is 382 g/mol. The van der Waals surface area contributed by atoms with Crippen molar-refractivity contribution in [2.45, 2.75) is 30.8 Å². The number of aryl methyl sites for hydroxylation is 1. The lowest BCUT2D eigenvalue weighted by molar-refractivity contribution is 0.136. The highest BCUT2D eigenvalue weighted by molar-refractivity contribution is 7.89. The van der Waals surface area contributed by atoms with Crippen LogP contribution in [0.4, 0.5) is 0 Å². The van der Waals surface area contributed by atoms with Crippen LogP contribution in [0, 0.1) is 6.92 Å². The summed E-state index contributed by atoms with van der Waals surface area (Å²) in [5.41, 5.74) is 1.89. The number of rotatable bonds is 4. The number of hydrogen-bond acceptors (Lipinski definition) is 4. The number of nitrogens with zero attached hydrogens (tertiary/aromatic N) is 2. The van der Waals surface area contributed by atoms with Crippen LogP contribution < -0.4 is 4.74 Å². The van der Waals surface area contributed by atoms with Gasteiger partial charge in [0.05, 0.1) is 4.90 Å². The summed E-state index contributed by atoms with van der Waals surface area (Å²) in [6, 6.07) is 16.8. The summed E-state index contributed by atoms with van der Waals surface area (Å²) in [6.45, 7) is 2.86. The Morgan fingerprint density at radius 3 is 2.44 bits per heavy atom. The van der Waals surface area contributed by atoms with E-state index in [0.717, 1.165) is 22.2 Å². The number of benzene rings is 2. The maximum Gasteiger partial charge on any atom is 0.243 e. The smallest absolute Gasteiger partial charge is 0.243 e. The van der Waals surface area contributed by atoms with Gasteiger partial charge in [-0.25, -0.2) is 8.42 Å². The van der Waals surface area contributed by atoms with Crippen LogP contribution in [-0.2, 0) is 10.0 Å². The molecule has 0 aliphatic carbocycles. The van der Waals surface area contributed by atoms with Crippen LogP contribution in [0.15, 0.2) is 65.7 Å². The molecular formula is C21H22N2O3S. The molecule has 3 aromatic rings. The zero-order chi connectivity index (χ0) is 18.9. The number of para-hydroxylation sites is 1. The summed E-state index contributed by atoms with van der Waals surface area (Å²) in [6.07, 6.45) is 3.07. The van der Waals surface area contributed by atoms with Crippen LogP contribution in [0.3, 0.4) is 0 Å². The number of fused-ring (bicyclic) bond motifs is 1. The maximum atomic E-state index is 12.8. The first-order valence-corrected chi connectivity index (χ1v) is 10.6. The van der Waals surface area contributed by atoms with Crippen molar-refractivity contribution < 1.29 is 13.2 Å². The van der Waals surface area contributed by atoms with Crippen LogP contribution in [0.1, 0.15) is 18.4 Å². The molecule has 0 N–H and O–H groups in total. The van der Waals surface area contributed by atoms with Gasteiger partial charge < -0.3 is 4.74 Å². The van der Waals surface area contributed by atoms with Crippen LogP contribution in [-0.4, -0.2) is 36.9 Å². The molecule has 1 aliphatic rings. The number of hydrogen-bond donors (Lipinski definition) is 0. The summed E-state index contributed by atoms with van der Waals surface area (Å²) >= 11 is 0. The van der Waals surface area contributed by atoms with E-state index in [1.807, 2.05) is 49.4 Å². The summed E-state index contributed by atoms with van der Waals surface area (Å²) in [5, 5.41) is 1.04. The molecule has 5 nitrogen and oxygen atoms in total. The first-order valence-electron chi connectivity index (χ1n) is 9.11. The maximum absolute atomic E-state index is 12.8. The number of pyridine rings is 1. The summed E-state index contributed by atoms with van der Waals surface area (Å²) in [4.78, 5) is 4.77. The highest BCUT2D eigenvalue weighted by Crippen LogP contribution is 2.28. The van der Waals surface area contributed by atoms with Crippen molar-refractivity contribution in [2.75, 3.05) is 13.1 Å². The Hall–Kier alpha value is -2.44. The number of sulfonamides is 1. The highest BCUT2D eigenvalue weighted by Gasteiger charge is 2.30. The zero-order valence-electron chi connectivity index (χ0n) is 15.2. The summed E-state index contributed by atoms with van der Waals surface area (Å²) in [7, 11) is -3.44. The standard InChI is InChI=1S/C21H22N2O3S/c1-16-7-9-19(10-8-16)27(24,25)23-14-11-18(12-15-23)26-20-6-2-4-17-5-3-13-22-21(17)20/h2-10,13,18H,11-12,14-15H2,1H3. The van der Waals surface area contributed by atoms with Gasteiger partial charge in [0.2, 0.25) is 10.0 Å². The molecule has 0 saturated carbocycles. The molecular weight excluding hydrogens is 360 g/mol. The largest absolute Gasteiger partial charge is 0.488 e. The molecule has 1 saturated heterocycles. The van der Waals surface area contributed by atoms with E-state index in [9.17, 15) is 8.42 Å². The van der Waals surface area contributed by atoms with Gasteiger partial charge in [-0.3, -0.25) is 4.98 Å². The Morgan fingerprint density at radius 1 is 1.00 bits per heavy atom.